The number of carbonyl (C=O) groups is 1. The monoisotopic (exact) mass is 503 g/mol. The van der Waals surface area contributed by atoms with Gasteiger partial charge in [-0.1, -0.05) is 12.1 Å². The van der Waals surface area contributed by atoms with E-state index in [1.807, 2.05) is 6.20 Å². The molecule has 4 heterocycles. The van der Waals surface area contributed by atoms with Crippen LogP contribution in [0.25, 0.3) is 11.1 Å². The largest absolute Gasteiger partial charge is 0.372 e. The van der Waals surface area contributed by atoms with Gasteiger partial charge in [-0.15, -0.1) is 0 Å². The second-order valence-corrected chi connectivity index (χ2v) is 10.1. The number of anilines is 1. The summed E-state index contributed by atoms with van der Waals surface area (Å²) in [5.41, 5.74) is 2.68. The second kappa shape index (κ2) is 11.4. The summed E-state index contributed by atoms with van der Waals surface area (Å²) < 4.78 is 20.2. The predicted octanol–water partition coefficient (Wildman–Crippen LogP) is 4.29. The number of hydrogen-bond acceptors (Lipinski definition) is 6. The van der Waals surface area contributed by atoms with Crippen LogP contribution in [0.5, 0.6) is 0 Å². The fourth-order valence-corrected chi connectivity index (χ4v) is 5.23. The molecule has 1 aromatic carbocycles. The first-order valence-corrected chi connectivity index (χ1v) is 13.0. The van der Waals surface area contributed by atoms with E-state index in [9.17, 15) is 9.18 Å². The summed E-state index contributed by atoms with van der Waals surface area (Å²) in [6.45, 7) is 8.56. The number of morpholine rings is 1. The van der Waals surface area contributed by atoms with E-state index in [1.54, 1.807) is 30.6 Å². The van der Waals surface area contributed by atoms with Crippen LogP contribution in [0, 0.1) is 5.82 Å². The lowest BCUT2D eigenvalue weighted by Crippen LogP contribution is -2.45. The smallest absolute Gasteiger partial charge is 0.251 e. The van der Waals surface area contributed by atoms with Crippen molar-refractivity contribution in [3.8, 4) is 11.1 Å². The van der Waals surface area contributed by atoms with E-state index in [1.165, 1.54) is 17.7 Å². The number of halogens is 1. The van der Waals surface area contributed by atoms with Gasteiger partial charge in [-0.25, -0.2) is 9.37 Å². The average Bonchev–Trinajstić information content (AvgIpc) is 2.90. The maximum absolute atomic E-state index is 14.4. The number of nitrogens with one attached hydrogen (secondary N) is 1. The molecule has 2 fully saturated rings. The number of aromatic nitrogens is 2. The molecule has 0 spiro atoms. The molecule has 1 amide bonds. The summed E-state index contributed by atoms with van der Waals surface area (Å²) >= 11 is 0. The first-order valence-electron chi connectivity index (χ1n) is 13.0. The van der Waals surface area contributed by atoms with Crippen LogP contribution in [0.15, 0.2) is 61.1 Å². The molecule has 8 heteroatoms. The normalized spacial score (nSPS) is 21.1. The molecule has 3 aromatic rings. The Kier molecular flexibility index (Phi) is 7.76. The number of benzene rings is 1. The molecule has 0 saturated carbocycles. The van der Waals surface area contributed by atoms with Crippen molar-refractivity contribution in [2.75, 3.05) is 31.1 Å². The lowest BCUT2D eigenvalue weighted by molar-refractivity contribution is -0.00546. The van der Waals surface area contributed by atoms with Crippen molar-refractivity contribution in [3.63, 3.8) is 0 Å². The summed E-state index contributed by atoms with van der Waals surface area (Å²) in [4.78, 5) is 26.4. The minimum absolute atomic E-state index is 0.0986. The Morgan fingerprint density at radius 1 is 1.08 bits per heavy atom. The molecule has 0 bridgehead atoms. The highest BCUT2D eigenvalue weighted by Gasteiger charge is 2.24. The van der Waals surface area contributed by atoms with Gasteiger partial charge < -0.3 is 15.0 Å². The van der Waals surface area contributed by atoms with Crippen molar-refractivity contribution in [1.82, 2.24) is 20.2 Å². The topological polar surface area (TPSA) is 70.6 Å². The minimum Gasteiger partial charge on any atom is -0.372 e. The molecule has 2 aromatic heterocycles. The van der Waals surface area contributed by atoms with Crippen LogP contribution in [0.3, 0.4) is 0 Å². The van der Waals surface area contributed by atoms with Crippen LogP contribution in [-0.2, 0) is 11.3 Å². The van der Waals surface area contributed by atoms with Gasteiger partial charge in [0.15, 0.2) is 0 Å². The van der Waals surface area contributed by atoms with Gasteiger partial charge in [0, 0.05) is 74.0 Å². The number of hydrogen-bond donors (Lipinski definition) is 1. The van der Waals surface area contributed by atoms with E-state index in [0.717, 1.165) is 51.4 Å². The van der Waals surface area contributed by atoms with Gasteiger partial charge in [0.05, 0.1) is 12.2 Å². The zero-order chi connectivity index (χ0) is 25.8. The zero-order valence-electron chi connectivity index (χ0n) is 21.4. The van der Waals surface area contributed by atoms with Crippen LogP contribution in [0.4, 0.5) is 10.2 Å². The van der Waals surface area contributed by atoms with E-state index >= 15 is 0 Å². The standard InChI is InChI=1S/C29H34FN5O2/c1-20-17-35(18-21(2)37-20)28-8-5-22(15-32-28)19-34-12-9-25(10-13-34)33-29(36)23-6-7-27(30)26(14-23)24-4-3-11-31-16-24/h3-8,11,14-16,20-21,25H,9-10,12-13,17-19H2,1-2H3,(H,33,36). The highest BCUT2D eigenvalue weighted by Crippen LogP contribution is 2.24. The first kappa shape index (κ1) is 25.3. The second-order valence-electron chi connectivity index (χ2n) is 10.1. The molecular weight excluding hydrogens is 469 g/mol. The Morgan fingerprint density at radius 2 is 1.86 bits per heavy atom. The van der Waals surface area contributed by atoms with Gasteiger partial charge in [0.25, 0.3) is 5.91 Å². The van der Waals surface area contributed by atoms with E-state index in [4.69, 9.17) is 9.72 Å². The molecule has 2 atom stereocenters. The zero-order valence-corrected chi connectivity index (χ0v) is 21.4. The molecule has 0 aliphatic carbocycles. The van der Waals surface area contributed by atoms with E-state index in [-0.39, 0.29) is 30.0 Å². The number of ether oxygens (including phenoxy) is 1. The van der Waals surface area contributed by atoms with Crippen LogP contribution < -0.4 is 10.2 Å². The number of pyridine rings is 2. The van der Waals surface area contributed by atoms with Gasteiger partial charge in [0.2, 0.25) is 0 Å². The van der Waals surface area contributed by atoms with Crippen molar-refractivity contribution >= 4 is 11.7 Å². The lowest BCUT2D eigenvalue weighted by Gasteiger charge is -2.36. The Labute approximate surface area is 217 Å². The summed E-state index contributed by atoms with van der Waals surface area (Å²) in [6, 6.07) is 12.4. The third kappa shape index (κ3) is 6.32. The van der Waals surface area contributed by atoms with E-state index in [0.29, 0.717) is 16.7 Å². The molecule has 194 valence electrons. The number of amides is 1. The Morgan fingerprint density at radius 3 is 2.54 bits per heavy atom. The van der Waals surface area contributed by atoms with Gasteiger partial charge in [0.1, 0.15) is 11.6 Å². The Balaban J connectivity index is 1.12. The SMILES string of the molecule is CC1CN(c2ccc(CN3CCC(NC(=O)c4ccc(F)c(-c5cccnc5)c4)CC3)cn2)CC(C)O1. The Bertz CT molecular complexity index is 1190. The van der Waals surface area contributed by atoms with Crippen LogP contribution in [0.2, 0.25) is 0 Å². The first-order chi connectivity index (χ1) is 17.9. The minimum atomic E-state index is -0.366. The van der Waals surface area contributed by atoms with Gasteiger partial charge in [-0.3, -0.25) is 14.7 Å². The number of carbonyl (C=O) groups excluding carboxylic acids is 1. The van der Waals surface area contributed by atoms with Gasteiger partial charge in [-0.05, 0) is 62.6 Å². The predicted molar refractivity (Wildman–Crippen MR) is 142 cm³/mol. The van der Waals surface area contributed by atoms with Crippen LogP contribution in [0.1, 0.15) is 42.6 Å². The van der Waals surface area contributed by atoms with Crippen LogP contribution in [-0.4, -0.2) is 65.2 Å². The van der Waals surface area contributed by atoms with Crippen molar-refractivity contribution in [1.29, 1.82) is 0 Å². The van der Waals surface area contributed by atoms with Crippen LogP contribution >= 0.6 is 0 Å². The fraction of sp³-hybridized carbons (Fsp3) is 0.414. The molecule has 1 N–H and O–H groups in total. The molecule has 0 radical (unpaired) electrons. The fourth-order valence-electron chi connectivity index (χ4n) is 5.23. The maximum Gasteiger partial charge on any atom is 0.251 e. The molecule has 5 rings (SSSR count). The molecule has 2 unspecified atom stereocenters. The van der Waals surface area contributed by atoms with Crippen molar-refractivity contribution in [2.45, 2.75) is 51.5 Å². The van der Waals surface area contributed by atoms with Gasteiger partial charge in [-0.2, -0.15) is 0 Å². The number of likely N-dealkylation sites (tertiary alicyclic amines) is 1. The summed E-state index contributed by atoms with van der Waals surface area (Å²) in [7, 11) is 0. The lowest BCUT2D eigenvalue weighted by atomic mass is 10.0. The number of rotatable bonds is 6. The summed E-state index contributed by atoms with van der Waals surface area (Å²) in [6.07, 6.45) is 7.37. The van der Waals surface area contributed by atoms with Crippen molar-refractivity contribution < 1.29 is 13.9 Å². The molecule has 7 nitrogen and oxygen atoms in total. The number of piperidine rings is 1. The quantitative estimate of drug-likeness (QED) is 0.541. The summed E-state index contributed by atoms with van der Waals surface area (Å²) in [5, 5.41) is 3.14. The average molecular weight is 504 g/mol. The summed E-state index contributed by atoms with van der Waals surface area (Å²) in [5.74, 6) is 0.462. The van der Waals surface area contributed by atoms with E-state index in [2.05, 4.69) is 46.1 Å². The highest BCUT2D eigenvalue weighted by molar-refractivity contribution is 5.95. The van der Waals surface area contributed by atoms with Crippen molar-refractivity contribution in [2.24, 2.45) is 0 Å². The van der Waals surface area contributed by atoms with Gasteiger partial charge >= 0.3 is 0 Å². The van der Waals surface area contributed by atoms with Crippen molar-refractivity contribution in [3.05, 3.63) is 78.0 Å². The molecule has 37 heavy (non-hydrogen) atoms. The molecular formula is C29H34FN5O2. The molecule has 2 aliphatic heterocycles. The third-order valence-electron chi connectivity index (χ3n) is 7.08. The third-order valence-corrected chi connectivity index (χ3v) is 7.08. The molecule has 2 aliphatic rings. The number of nitrogens with zero attached hydrogens (tertiary/aromatic N) is 4. The highest BCUT2D eigenvalue weighted by atomic mass is 19.1. The van der Waals surface area contributed by atoms with E-state index < -0.39 is 0 Å². The Hall–Kier alpha value is -3.36. The molecule has 2 saturated heterocycles. The maximum atomic E-state index is 14.4.